The summed E-state index contributed by atoms with van der Waals surface area (Å²) in [6.45, 7) is 6.65. The number of halogens is 2. The Kier molecular flexibility index (Phi) is 5.18. The second kappa shape index (κ2) is 7.52. The molecule has 0 atom stereocenters. The Morgan fingerprint density at radius 2 is 1.72 bits per heavy atom. The highest BCUT2D eigenvalue weighted by atomic mass is 19.1. The molecule has 0 aliphatic carbocycles. The van der Waals surface area contributed by atoms with Gasteiger partial charge in [0.15, 0.2) is 0 Å². The van der Waals surface area contributed by atoms with Gasteiger partial charge in [-0.15, -0.1) is 0 Å². The van der Waals surface area contributed by atoms with Crippen LogP contribution in [0, 0.1) is 11.6 Å². The predicted octanol–water partition coefficient (Wildman–Crippen LogP) is 2.15. The smallest absolute Gasteiger partial charge is 0.258 e. The Balaban J connectivity index is 1.67. The molecule has 8 heteroatoms. The molecule has 25 heavy (non-hydrogen) atoms. The lowest BCUT2D eigenvalue weighted by atomic mass is 10.2. The first-order chi connectivity index (χ1) is 12.1. The van der Waals surface area contributed by atoms with Crippen molar-refractivity contribution in [3.8, 4) is 0 Å². The van der Waals surface area contributed by atoms with Gasteiger partial charge in [0.05, 0.1) is 5.56 Å². The van der Waals surface area contributed by atoms with Crippen LogP contribution >= 0.6 is 0 Å². The number of aromatic nitrogens is 2. The number of nitrogens with zero attached hydrogens (tertiary/aromatic N) is 4. The number of benzene rings is 1. The lowest BCUT2D eigenvalue weighted by Crippen LogP contribution is -2.46. The van der Waals surface area contributed by atoms with E-state index in [1.54, 1.807) is 0 Å². The topological polar surface area (TPSA) is 61.4 Å². The minimum atomic E-state index is -0.834. The minimum Gasteiger partial charge on any atom is -0.338 e. The van der Waals surface area contributed by atoms with Crippen molar-refractivity contribution in [1.82, 2.24) is 14.9 Å². The highest BCUT2D eigenvalue weighted by molar-refractivity contribution is 6.04. The summed E-state index contributed by atoms with van der Waals surface area (Å²) >= 11 is 0. The zero-order chi connectivity index (χ0) is 17.8. The van der Waals surface area contributed by atoms with Crippen molar-refractivity contribution in [2.45, 2.75) is 6.92 Å². The second-order valence-corrected chi connectivity index (χ2v) is 5.74. The van der Waals surface area contributed by atoms with Crippen LogP contribution in [-0.4, -0.2) is 53.5 Å². The third kappa shape index (κ3) is 3.90. The number of anilines is 2. The molecular weight excluding hydrogens is 328 g/mol. The summed E-state index contributed by atoms with van der Waals surface area (Å²) in [6, 6.07) is 3.39. The van der Waals surface area contributed by atoms with E-state index in [0.717, 1.165) is 44.9 Å². The number of hydrogen-bond donors (Lipinski definition) is 1. The summed E-state index contributed by atoms with van der Waals surface area (Å²) < 4.78 is 27.2. The maximum Gasteiger partial charge on any atom is 0.258 e. The first kappa shape index (κ1) is 17.2. The van der Waals surface area contributed by atoms with Gasteiger partial charge in [-0.05, 0) is 18.7 Å². The largest absolute Gasteiger partial charge is 0.338 e. The van der Waals surface area contributed by atoms with E-state index in [1.807, 2.05) is 4.90 Å². The minimum absolute atomic E-state index is 0.138. The molecule has 1 fully saturated rings. The molecule has 2 aromatic rings. The summed E-state index contributed by atoms with van der Waals surface area (Å²) in [5.41, 5.74) is -0.342. The first-order valence-electron chi connectivity index (χ1n) is 8.13. The highest BCUT2D eigenvalue weighted by Crippen LogP contribution is 2.19. The molecule has 1 saturated heterocycles. The van der Waals surface area contributed by atoms with E-state index in [-0.39, 0.29) is 5.56 Å². The monoisotopic (exact) mass is 347 g/mol. The SMILES string of the molecule is CCN1CCN(c2ncc(C(=O)Nc3c(F)cccc3F)cn2)CC1. The molecule has 1 aliphatic heterocycles. The summed E-state index contributed by atoms with van der Waals surface area (Å²) in [6.07, 6.45) is 2.73. The average molecular weight is 347 g/mol. The molecule has 1 aromatic heterocycles. The van der Waals surface area contributed by atoms with Crippen molar-refractivity contribution in [2.24, 2.45) is 0 Å². The molecule has 0 unspecified atom stereocenters. The van der Waals surface area contributed by atoms with Crippen LogP contribution in [0.2, 0.25) is 0 Å². The van der Waals surface area contributed by atoms with E-state index in [1.165, 1.54) is 18.5 Å². The lowest BCUT2D eigenvalue weighted by molar-refractivity contribution is 0.102. The maximum atomic E-state index is 13.6. The average Bonchev–Trinajstić information content (AvgIpc) is 2.65. The summed E-state index contributed by atoms with van der Waals surface area (Å²) in [4.78, 5) is 24.9. The fourth-order valence-corrected chi connectivity index (χ4v) is 2.67. The van der Waals surface area contributed by atoms with Gasteiger partial charge in [0.25, 0.3) is 5.91 Å². The van der Waals surface area contributed by atoms with Gasteiger partial charge in [-0.25, -0.2) is 18.7 Å². The molecule has 1 amide bonds. The number of amides is 1. The number of nitrogens with one attached hydrogen (secondary N) is 1. The van der Waals surface area contributed by atoms with Crippen molar-refractivity contribution in [3.05, 3.63) is 47.8 Å². The number of carbonyl (C=O) groups is 1. The van der Waals surface area contributed by atoms with Gasteiger partial charge in [0.2, 0.25) is 5.95 Å². The van der Waals surface area contributed by atoms with Gasteiger partial charge >= 0.3 is 0 Å². The van der Waals surface area contributed by atoms with E-state index in [9.17, 15) is 13.6 Å². The highest BCUT2D eigenvalue weighted by Gasteiger charge is 2.19. The van der Waals surface area contributed by atoms with Crippen molar-refractivity contribution < 1.29 is 13.6 Å². The standard InChI is InChI=1S/C17H19F2N5O/c1-2-23-6-8-24(9-7-23)17-20-10-12(11-21-17)16(25)22-15-13(18)4-3-5-14(15)19/h3-5,10-11H,2,6-9H2,1H3,(H,22,25). The van der Waals surface area contributed by atoms with Crippen LogP contribution < -0.4 is 10.2 Å². The number of rotatable bonds is 4. The fourth-order valence-electron chi connectivity index (χ4n) is 2.67. The van der Waals surface area contributed by atoms with Gasteiger partial charge < -0.3 is 15.1 Å². The van der Waals surface area contributed by atoms with Crippen LogP contribution in [0.25, 0.3) is 0 Å². The molecule has 1 aromatic carbocycles. The molecule has 6 nitrogen and oxygen atoms in total. The van der Waals surface area contributed by atoms with Crippen molar-refractivity contribution in [1.29, 1.82) is 0 Å². The normalized spacial score (nSPS) is 15.2. The van der Waals surface area contributed by atoms with Crippen LogP contribution in [0.4, 0.5) is 20.4 Å². The summed E-state index contributed by atoms with van der Waals surface area (Å²) in [5, 5.41) is 2.22. The Morgan fingerprint density at radius 3 is 2.28 bits per heavy atom. The molecular formula is C17H19F2N5O. The third-order valence-corrected chi connectivity index (χ3v) is 4.20. The molecule has 0 spiro atoms. The molecule has 1 N–H and O–H groups in total. The molecule has 0 radical (unpaired) electrons. The molecule has 1 aliphatic rings. The lowest BCUT2D eigenvalue weighted by Gasteiger charge is -2.33. The fraction of sp³-hybridized carbons (Fsp3) is 0.353. The quantitative estimate of drug-likeness (QED) is 0.918. The van der Waals surface area contributed by atoms with Crippen LogP contribution in [0.1, 0.15) is 17.3 Å². The molecule has 3 rings (SSSR count). The number of likely N-dealkylation sites (N-methyl/N-ethyl adjacent to an activating group) is 1. The number of piperazine rings is 1. The van der Waals surface area contributed by atoms with Crippen LogP contribution in [0.15, 0.2) is 30.6 Å². The molecule has 0 bridgehead atoms. The first-order valence-corrected chi connectivity index (χ1v) is 8.13. The van der Waals surface area contributed by atoms with Gasteiger partial charge in [0, 0.05) is 38.6 Å². The summed E-state index contributed by atoms with van der Waals surface area (Å²) in [5.74, 6) is -1.78. The van der Waals surface area contributed by atoms with Crippen molar-refractivity contribution in [2.75, 3.05) is 42.9 Å². The van der Waals surface area contributed by atoms with Crippen LogP contribution in [-0.2, 0) is 0 Å². The molecule has 2 heterocycles. The van der Waals surface area contributed by atoms with Gasteiger partial charge in [-0.3, -0.25) is 4.79 Å². The Morgan fingerprint density at radius 1 is 1.12 bits per heavy atom. The predicted molar refractivity (Wildman–Crippen MR) is 90.7 cm³/mol. The number of hydrogen-bond acceptors (Lipinski definition) is 5. The third-order valence-electron chi connectivity index (χ3n) is 4.20. The Bertz CT molecular complexity index is 725. The van der Waals surface area contributed by atoms with E-state index in [2.05, 4.69) is 27.1 Å². The zero-order valence-corrected chi connectivity index (χ0v) is 13.9. The van der Waals surface area contributed by atoms with Gasteiger partial charge in [0.1, 0.15) is 17.3 Å². The van der Waals surface area contributed by atoms with Crippen LogP contribution in [0.3, 0.4) is 0 Å². The van der Waals surface area contributed by atoms with E-state index in [4.69, 9.17) is 0 Å². The second-order valence-electron chi connectivity index (χ2n) is 5.74. The van der Waals surface area contributed by atoms with E-state index in [0.29, 0.717) is 5.95 Å². The molecule has 0 saturated carbocycles. The summed E-state index contributed by atoms with van der Waals surface area (Å²) in [7, 11) is 0. The Hall–Kier alpha value is -2.61. The Labute approximate surface area is 144 Å². The van der Waals surface area contributed by atoms with Crippen molar-refractivity contribution in [3.63, 3.8) is 0 Å². The van der Waals surface area contributed by atoms with E-state index < -0.39 is 23.2 Å². The van der Waals surface area contributed by atoms with Gasteiger partial charge in [-0.2, -0.15) is 0 Å². The van der Waals surface area contributed by atoms with E-state index >= 15 is 0 Å². The van der Waals surface area contributed by atoms with Gasteiger partial charge in [-0.1, -0.05) is 13.0 Å². The van der Waals surface area contributed by atoms with Crippen LogP contribution in [0.5, 0.6) is 0 Å². The zero-order valence-electron chi connectivity index (χ0n) is 13.9. The number of carbonyl (C=O) groups excluding carboxylic acids is 1. The number of para-hydroxylation sites is 1. The van der Waals surface area contributed by atoms with Crippen molar-refractivity contribution >= 4 is 17.5 Å². The maximum absolute atomic E-state index is 13.6. The molecule has 132 valence electrons.